The summed E-state index contributed by atoms with van der Waals surface area (Å²) < 4.78 is 5.60. The summed E-state index contributed by atoms with van der Waals surface area (Å²) >= 11 is 0. The number of aryl methyl sites for hydroxylation is 2. The van der Waals surface area contributed by atoms with Gasteiger partial charge < -0.3 is 4.42 Å². The number of amides is 1. The molecule has 4 rings (SSSR count). The number of nitrogens with one attached hydrogen (secondary N) is 3. The van der Waals surface area contributed by atoms with Crippen molar-refractivity contribution in [1.82, 2.24) is 15.4 Å². The van der Waals surface area contributed by atoms with Gasteiger partial charge >= 0.3 is 5.91 Å². The van der Waals surface area contributed by atoms with E-state index in [9.17, 15) is 9.59 Å². The highest BCUT2D eigenvalue weighted by Crippen LogP contribution is 2.23. The highest BCUT2D eigenvalue weighted by Gasteiger charge is 2.13. The van der Waals surface area contributed by atoms with Crippen molar-refractivity contribution in [2.24, 2.45) is 0 Å². The third kappa shape index (κ3) is 2.79. The van der Waals surface area contributed by atoms with Crippen molar-refractivity contribution in [3.05, 3.63) is 69.7 Å². The molecule has 0 aliphatic carbocycles. The molecule has 0 fully saturated rings. The fraction of sp³-hybridized carbons (Fsp3) is 0.105. The summed E-state index contributed by atoms with van der Waals surface area (Å²) in [7, 11) is 0. The number of benzene rings is 2. The molecule has 130 valence electrons. The molecule has 26 heavy (non-hydrogen) atoms. The van der Waals surface area contributed by atoms with Crippen LogP contribution < -0.4 is 16.4 Å². The van der Waals surface area contributed by atoms with Crippen molar-refractivity contribution in [3.63, 3.8) is 0 Å². The number of hydrogen-bond acceptors (Lipinski definition) is 5. The van der Waals surface area contributed by atoms with Gasteiger partial charge in [-0.15, -0.1) is 0 Å². The lowest BCUT2D eigenvalue weighted by molar-refractivity contribution is 0.0937. The normalized spacial score (nSPS) is 11.0. The number of carbonyl (C=O) groups excluding carboxylic acids is 1. The number of H-pyrrole nitrogens is 1. The summed E-state index contributed by atoms with van der Waals surface area (Å²) in [5.41, 5.74) is 8.21. The van der Waals surface area contributed by atoms with E-state index in [1.165, 1.54) is 0 Å². The number of aromatic nitrogens is 2. The quantitative estimate of drug-likeness (QED) is 0.494. The largest absolute Gasteiger partial charge is 0.451 e. The molecule has 4 aromatic rings. The Bertz CT molecular complexity index is 1170. The maximum atomic E-state index is 12.3. The standard InChI is InChI=1S/C19H16N4O3/c1-10-7-12-9-16(26-15(12)8-11(10)2)18(25)22-23-19-20-14-6-4-3-5-13(14)17(24)21-19/h3-9H,1-2H3,(H,22,25)(H2,20,21,23,24). The third-order valence-electron chi connectivity index (χ3n) is 4.26. The van der Waals surface area contributed by atoms with Gasteiger partial charge in [-0.1, -0.05) is 12.1 Å². The van der Waals surface area contributed by atoms with Gasteiger partial charge in [0.05, 0.1) is 10.9 Å². The van der Waals surface area contributed by atoms with E-state index >= 15 is 0 Å². The van der Waals surface area contributed by atoms with E-state index in [1.807, 2.05) is 26.0 Å². The molecule has 0 aliphatic heterocycles. The van der Waals surface area contributed by atoms with Crippen LogP contribution in [0.2, 0.25) is 0 Å². The van der Waals surface area contributed by atoms with Crippen LogP contribution >= 0.6 is 0 Å². The molecule has 0 atom stereocenters. The van der Waals surface area contributed by atoms with Gasteiger partial charge in [-0.2, -0.15) is 0 Å². The minimum atomic E-state index is -0.465. The van der Waals surface area contributed by atoms with Crippen LogP contribution in [0.4, 0.5) is 5.95 Å². The van der Waals surface area contributed by atoms with Crippen LogP contribution in [0.25, 0.3) is 21.9 Å². The number of furan rings is 1. The number of para-hydroxylation sites is 1. The van der Waals surface area contributed by atoms with E-state index in [0.717, 1.165) is 16.5 Å². The second-order valence-corrected chi connectivity index (χ2v) is 6.10. The Morgan fingerprint density at radius 1 is 1.12 bits per heavy atom. The summed E-state index contributed by atoms with van der Waals surface area (Å²) in [4.78, 5) is 31.2. The Morgan fingerprint density at radius 3 is 2.73 bits per heavy atom. The number of anilines is 1. The smallest absolute Gasteiger partial charge is 0.305 e. The summed E-state index contributed by atoms with van der Waals surface area (Å²) in [5.74, 6) is -0.155. The van der Waals surface area contributed by atoms with E-state index in [1.54, 1.807) is 30.3 Å². The first kappa shape index (κ1) is 15.9. The molecule has 1 amide bonds. The maximum absolute atomic E-state index is 12.3. The topological polar surface area (TPSA) is 100 Å². The molecule has 0 saturated carbocycles. The van der Waals surface area contributed by atoms with Gasteiger partial charge in [0, 0.05) is 5.39 Å². The molecule has 0 spiro atoms. The monoisotopic (exact) mass is 348 g/mol. The van der Waals surface area contributed by atoms with Crippen LogP contribution in [0.15, 0.2) is 51.7 Å². The van der Waals surface area contributed by atoms with Crippen LogP contribution in [-0.4, -0.2) is 15.9 Å². The van der Waals surface area contributed by atoms with Crippen LogP contribution in [-0.2, 0) is 0 Å². The van der Waals surface area contributed by atoms with Gasteiger partial charge in [0.2, 0.25) is 5.95 Å². The first-order chi connectivity index (χ1) is 12.5. The Kier molecular flexibility index (Phi) is 3.69. The first-order valence-electron chi connectivity index (χ1n) is 8.07. The molecule has 2 aromatic carbocycles. The number of carbonyl (C=O) groups is 1. The molecule has 0 radical (unpaired) electrons. The van der Waals surface area contributed by atoms with Crippen molar-refractivity contribution in [3.8, 4) is 0 Å². The minimum Gasteiger partial charge on any atom is -0.451 e. The maximum Gasteiger partial charge on any atom is 0.305 e. The van der Waals surface area contributed by atoms with Crippen LogP contribution in [0, 0.1) is 13.8 Å². The van der Waals surface area contributed by atoms with Gasteiger partial charge in [0.15, 0.2) is 5.76 Å². The third-order valence-corrected chi connectivity index (χ3v) is 4.26. The van der Waals surface area contributed by atoms with Crippen molar-refractivity contribution in [2.45, 2.75) is 13.8 Å². The Morgan fingerprint density at radius 2 is 1.88 bits per heavy atom. The Balaban J connectivity index is 1.56. The number of nitrogens with zero attached hydrogens (tertiary/aromatic N) is 1. The Labute approximate surface area is 148 Å². The van der Waals surface area contributed by atoms with Crippen LogP contribution in [0.3, 0.4) is 0 Å². The molecule has 0 bridgehead atoms. The molecule has 0 aliphatic rings. The van der Waals surface area contributed by atoms with E-state index in [2.05, 4.69) is 20.8 Å². The van der Waals surface area contributed by atoms with E-state index < -0.39 is 5.91 Å². The molecule has 0 saturated heterocycles. The second-order valence-electron chi connectivity index (χ2n) is 6.10. The van der Waals surface area contributed by atoms with Crippen molar-refractivity contribution >= 4 is 33.7 Å². The predicted octanol–water partition coefficient (Wildman–Crippen LogP) is 3.04. The summed E-state index contributed by atoms with van der Waals surface area (Å²) in [6.45, 7) is 3.99. The summed E-state index contributed by atoms with van der Waals surface area (Å²) in [5, 5.41) is 1.34. The van der Waals surface area contributed by atoms with Crippen LogP contribution in [0.5, 0.6) is 0 Å². The lowest BCUT2D eigenvalue weighted by atomic mass is 10.1. The van der Waals surface area contributed by atoms with Gasteiger partial charge in [0.25, 0.3) is 5.56 Å². The molecule has 0 unspecified atom stereocenters. The molecule has 7 nitrogen and oxygen atoms in total. The average Bonchev–Trinajstić information content (AvgIpc) is 3.03. The van der Waals surface area contributed by atoms with Gasteiger partial charge in [0.1, 0.15) is 5.58 Å². The van der Waals surface area contributed by atoms with E-state index in [-0.39, 0.29) is 17.3 Å². The lowest BCUT2D eigenvalue weighted by Gasteiger charge is -2.06. The van der Waals surface area contributed by atoms with Gasteiger partial charge in [-0.3, -0.25) is 25.4 Å². The Hall–Kier alpha value is -3.61. The highest BCUT2D eigenvalue weighted by molar-refractivity contribution is 5.96. The summed E-state index contributed by atoms with van der Waals surface area (Å²) in [6.07, 6.45) is 0. The summed E-state index contributed by atoms with van der Waals surface area (Å²) in [6, 6.07) is 12.5. The number of hydrazine groups is 1. The van der Waals surface area contributed by atoms with E-state index in [0.29, 0.717) is 16.5 Å². The number of fused-ring (bicyclic) bond motifs is 2. The zero-order valence-corrected chi connectivity index (χ0v) is 14.2. The van der Waals surface area contributed by atoms with E-state index in [4.69, 9.17) is 4.42 Å². The molecule has 7 heteroatoms. The molecule has 2 aromatic heterocycles. The molecular formula is C19H16N4O3. The molecule has 2 heterocycles. The highest BCUT2D eigenvalue weighted by atomic mass is 16.3. The fourth-order valence-electron chi connectivity index (χ4n) is 2.74. The second kappa shape index (κ2) is 6.03. The first-order valence-corrected chi connectivity index (χ1v) is 8.07. The van der Waals surface area contributed by atoms with Gasteiger partial charge in [-0.25, -0.2) is 4.98 Å². The lowest BCUT2D eigenvalue weighted by Crippen LogP contribution is -2.31. The minimum absolute atomic E-state index is 0.143. The van der Waals surface area contributed by atoms with Crippen molar-refractivity contribution < 1.29 is 9.21 Å². The fourth-order valence-corrected chi connectivity index (χ4v) is 2.74. The zero-order valence-electron chi connectivity index (χ0n) is 14.2. The zero-order chi connectivity index (χ0) is 18.3. The van der Waals surface area contributed by atoms with Gasteiger partial charge in [-0.05, 0) is 55.3 Å². The predicted molar refractivity (Wildman–Crippen MR) is 99.1 cm³/mol. The number of aromatic amines is 1. The SMILES string of the molecule is Cc1cc2cc(C(=O)NNc3nc4ccccc4c(=O)[nH]3)oc2cc1C. The number of hydrogen-bond donors (Lipinski definition) is 3. The molecule has 3 N–H and O–H groups in total. The van der Waals surface area contributed by atoms with Crippen molar-refractivity contribution in [1.29, 1.82) is 0 Å². The number of rotatable bonds is 3. The van der Waals surface area contributed by atoms with Crippen molar-refractivity contribution in [2.75, 3.05) is 5.43 Å². The van der Waals surface area contributed by atoms with Crippen LogP contribution in [0.1, 0.15) is 21.7 Å². The molecular weight excluding hydrogens is 332 g/mol. The average molecular weight is 348 g/mol.